The van der Waals surface area contributed by atoms with Crippen LogP contribution in [0.4, 0.5) is 18.9 Å². The lowest BCUT2D eigenvalue weighted by atomic mass is 10.0. The predicted octanol–water partition coefficient (Wildman–Crippen LogP) is 5.34. The fourth-order valence-electron chi connectivity index (χ4n) is 2.41. The number of aryl methyl sites for hydroxylation is 1. The smallest absolute Gasteiger partial charge is 0.252 e. The lowest BCUT2D eigenvalue weighted by Crippen LogP contribution is -2.05. The zero-order valence-corrected chi connectivity index (χ0v) is 11.9. The molecule has 0 atom stereocenters. The standard InChI is InChI=1S/C16H11ClF3N/c1-9-2-4-10(5-3-9)14-7-11-6-12(17)8-13(15(11)21-14)16(18,19)20/h2-6,8H,7H2,1H3. The SMILES string of the molecule is Cc1ccc(C2=Nc3c(cc(Cl)cc3C(F)(F)F)C2)cc1. The van der Waals surface area contributed by atoms with Crippen LogP contribution < -0.4 is 0 Å². The third-order valence-corrected chi connectivity index (χ3v) is 3.67. The second-order valence-corrected chi connectivity index (χ2v) is 5.50. The van der Waals surface area contributed by atoms with Crippen LogP contribution in [0.25, 0.3) is 0 Å². The second-order valence-electron chi connectivity index (χ2n) is 5.06. The molecule has 0 aromatic heterocycles. The molecular weight excluding hydrogens is 299 g/mol. The molecule has 1 heterocycles. The van der Waals surface area contributed by atoms with Crippen LogP contribution in [0.1, 0.15) is 22.3 Å². The van der Waals surface area contributed by atoms with E-state index in [2.05, 4.69) is 4.99 Å². The first-order chi connectivity index (χ1) is 9.84. The Morgan fingerprint density at radius 3 is 2.38 bits per heavy atom. The monoisotopic (exact) mass is 309 g/mol. The summed E-state index contributed by atoms with van der Waals surface area (Å²) in [7, 11) is 0. The van der Waals surface area contributed by atoms with Crippen molar-refractivity contribution in [2.45, 2.75) is 19.5 Å². The van der Waals surface area contributed by atoms with E-state index >= 15 is 0 Å². The zero-order valence-electron chi connectivity index (χ0n) is 11.1. The molecule has 108 valence electrons. The molecule has 0 fully saturated rings. The Bertz CT molecular complexity index is 730. The summed E-state index contributed by atoms with van der Waals surface area (Å²) in [5, 5.41) is 0.0847. The number of benzene rings is 2. The van der Waals surface area contributed by atoms with Gasteiger partial charge in [-0.05, 0) is 30.2 Å². The summed E-state index contributed by atoms with van der Waals surface area (Å²) in [6, 6.07) is 10.1. The van der Waals surface area contributed by atoms with Gasteiger partial charge < -0.3 is 0 Å². The molecule has 0 spiro atoms. The Labute approximate surface area is 125 Å². The average molecular weight is 310 g/mol. The lowest BCUT2D eigenvalue weighted by Gasteiger charge is -2.10. The second kappa shape index (κ2) is 4.88. The molecule has 1 aliphatic heterocycles. The number of hydrogen-bond acceptors (Lipinski definition) is 1. The molecule has 0 bridgehead atoms. The maximum atomic E-state index is 13.1. The highest BCUT2D eigenvalue weighted by atomic mass is 35.5. The van der Waals surface area contributed by atoms with E-state index in [0.717, 1.165) is 17.2 Å². The van der Waals surface area contributed by atoms with Crippen molar-refractivity contribution < 1.29 is 13.2 Å². The van der Waals surface area contributed by atoms with Crippen molar-refractivity contribution in [2.75, 3.05) is 0 Å². The van der Waals surface area contributed by atoms with Gasteiger partial charge in [0.1, 0.15) is 0 Å². The van der Waals surface area contributed by atoms with Crippen LogP contribution in [0.5, 0.6) is 0 Å². The van der Waals surface area contributed by atoms with E-state index in [-0.39, 0.29) is 10.7 Å². The Morgan fingerprint density at radius 2 is 1.76 bits per heavy atom. The van der Waals surface area contributed by atoms with Crippen molar-refractivity contribution in [3.63, 3.8) is 0 Å². The van der Waals surface area contributed by atoms with E-state index < -0.39 is 11.7 Å². The molecule has 0 amide bonds. The Morgan fingerprint density at radius 1 is 1.10 bits per heavy atom. The van der Waals surface area contributed by atoms with Crippen molar-refractivity contribution in [3.8, 4) is 0 Å². The first-order valence-corrected chi connectivity index (χ1v) is 6.76. The van der Waals surface area contributed by atoms with Gasteiger partial charge in [0.05, 0.1) is 17.0 Å². The molecule has 0 N–H and O–H groups in total. The summed E-state index contributed by atoms with van der Waals surface area (Å²) in [5.41, 5.74) is 2.30. The van der Waals surface area contributed by atoms with E-state index in [9.17, 15) is 13.2 Å². The van der Waals surface area contributed by atoms with E-state index in [4.69, 9.17) is 11.6 Å². The van der Waals surface area contributed by atoms with Crippen LogP contribution in [0.3, 0.4) is 0 Å². The van der Waals surface area contributed by atoms with Crippen molar-refractivity contribution in [2.24, 2.45) is 4.99 Å². The molecule has 0 aliphatic carbocycles. The Balaban J connectivity index is 2.09. The third kappa shape index (κ3) is 2.68. The van der Waals surface area contributed by atoms with Gasteiger partial charge in [-0.15, -0.1) is 0 Å². The van der Waals surface area contributed by atoms with Crippen molar-refractivity contribution in [3.05, 3.63) is 63.7 Å². The lowest BCUT2D eigenvalue weighted by molar-refractivity contribution is -0.137. The molecule has 3 rings (SSSR count). The fourth-order valence-corrected chi connectivity index (χ4v) is 2.65. The largest absolute Gasteiger partial charge is 0.418 e. The van der Waals surface area contributed by atoms with Gasteiger partial charge in [0.2, 0.25) is 0 Å². The van der Waals surface area contributed by atoms with E-state index in [1.165, 1.54) is 0 Å². The van der Waals surface area contributed by atoms with Gasteiger partial charge in [-0.25, -0.2) is 0 Å². The molecule has 0 radical (unpaired) electrons. The van der Waals surface area contributed by atoms with E-state index in [0.29, 0.717) is 17.7 Å². The van der Waals surface area contributed by atoms with Crippen LogP contribution in [0.15, 0.2) is 41.4 Å². The van der Waals surface area contributed by atoms with E-state index in [1.807, 2.05) is 31.2 Å². The van der Waals surface area contributed by atoms with Crippen molar-refractivity contribution in [1.29, 1.82) is 0 Å². The number of aliphatic imine (C=N–C) groups is 1. The van der Waals surface area contributed by atoms with Crippen LogP contribution in [0.2, 0.25) is 5.02 Å². The molecule has 2 aromatic rings. The summed E-state index contributed by atoms with van der Waals surface area (Å²) in [5.74, 6) is 0. The topological polar surface area (TPSA) is 12.4 Å². The number of alkyl halides is 3. The highest BCUT2D eigenvalue weighted by molar-refractivity contribution is 6.31. The maximum absolute atomic E-state index is 13.1. The molecule has 0 unspecified atom stereocenters. The van der Waals surface area contributed by atoms with Crippen LogP contribution >= 0.6 is 11.6 Å². The quantitative estimate of drug-likeness (QED) is 0.674. The van der Waals surface area contributed by atoms with Gasteiger partial charge in [-0.1, -0.05) is 41.4 Å². The highest BCUT2D eigenvalue weighted by Crippen LogP contribution is 2.43. The highest BCUT2D eigenvalue weighted by Gasteiger charge is 2.36. The van der Waals surface area contributed by atoms with E-state index in [1.54, 1.807) is 6.07 Å². The summed E-state index contributed by atoms with van der Waals surface area (Å²) in [6.07, 6.45) is -4.09. The number of hydrogen-bond donors (Lipinski definition) is 0. The van der Waals surface area contributed by atoms with Gasteiger partial charge in [-0.3, -0.25) is 4.99 Å². The summed E-state index contributed by atoms with van der Waals surface area (Å²) in [6.45, 7) is 1.95. The minimum Gasteiger partial charge on any atom is -0.252 e. The molecular formula is C16H11ClF3N. The average Bonchev–Trinajstić information content (AvgIpc) is 2.80. The fraction of sp³-hybridized carbons (Fsp3) is 0.188. The first-order valence-electron chi connectivity index (χ1n) is 6.39. The molecule has 2 aromatic carbocycles. The van der Waals surface area contributed by atoms with Crippen molar-refractivity contribution >= 4 is 23.0 Å². The summed E-state index contributed by atoms with van der Waals surface area (Å²) >= 11 is 5.80. The van der Waals surface area contributed by atoms with Crippen LogP contribution in [-0.2, 0) is 12.6 Å². The molecule has 1 nitrogen and oxygen atoms in total. The minimum atomic E-state index is -4.46. The molecule has 21 heavy (non-hydrogen) atoms. The maximum Gasteiger partial charge on any atom is 0.418 e. The van der Waals surface area contributed by atoms with Crippen LogP contribution in [-0.4, -0.2) is 5.71 Å². The van der Waals surface area contributed by atoms with Gasteiger partial charge in [0, 0.05) is 11.4 Å². The first kappa shape index (κ1) is 14.1. The minimum absolute atomic E-state index is 0.0116. The van der Waals surface area contributed by atoms with Crippen LogP contribution in [0, 0.1) is 6.92 Å². The zero-order chi connectivity index (χ0) is 15.2. The molecule has 0 saturated heterocycles. The third-order valence-electron chi connectivity index (χ3n) is 3.45. The Kier molecular flexibility index (Phi) is 3.29. The number of fused-ring (bicyclic) bond motifs is 1. The molecule has 0 saturated carbocycles. The predicted molar refractivity (Wildman–Crippen MR) is 77.5 cm³/mol. The normalized spacial score (nSPS) is 14.0. The van der Waals surface area contributed by atoms with Gasteiger partial charge in [-0.2, -0.15) is 13.2 Å². The summed E-state index contributed by atoms with van der Waals surface area (Å²) in [4.78, 5) is 4.20. The Hall–Kier alpha value is -1.81. The number of halogens is 4. The summed E-state index contributed by atoms with van der Waals surface area (Å²) < 4.78 is 39.2. The molecule has 5 heteroatoms. The van der Waals surface area contributed by atoms with Gasteiger partial charge in [0.25, 0.3) is 0 Å². The molecule has 1 aliphatic rings. The van der Waals surface area contributed by atoms with Crippen molar-refractivity contribution in [1.82, 2.24) is 0 Å². The van der Waals surface area contributed by atoms with Gasteiger partial charge in [0.15, 0.2) is 0 Å². The van der Waals surface area contributed by atoms with Gasteiger partial charge >= 0.3 is 6.18 Å². The number of rotatable bonds is 1. The number of nitrogens with zero attached hydrogens (tertiary/aromatic N) is 1.